The molecule has 0 unspecified atom stereocenters. The number of carbonyl (C=O) groups is 3. The molecule has 32 heavy (non-hydrogen) atoms. The van der Waals surface area contributed by atoms with E-state index in [2.05, 4.69) is 10.3 Å². The van der Waals surface area contributed by atoms with Crippen LogP contribution in [0.1, 0.15) is 39.1 Å². The lowest BCUT2D eigenvalue weighted by Gasteiger charge is -2.31. The van der Waals surface area contributed by atoms with Crippen LogP contribution in [0.25, 0.3) is 11.1 Å². The molecule has 160 valence electrons. The molecule has 2 heterocycles. The maximum Gasteiger partial charge on any atom is 0.253 e. The lowest BCUT2D eigenvalue weighted by atomic mass is 9.95. The van der Waals surface area contributed by atoms with Gasteiger partial charge < -0.3 is 10.2 Å². The zero-order valence-electron chi connectivity index (χ0n) is 17.2. The highest BCUT2D eigenvalue weighted by Gasteiger charge is 2.30. The number of ketones is 1. The number of amides is 2. The fraction of sp³-hybridized carbons (Fsp3) is 0.200. The van der Waals surface area contributed by atoms with Gasteiger partial charge in [-0.15, -0.1) is 0 Å². The van der Waals surface area contributed by atoms with Crippen molar-refractivity contribution >= 4 is 35.0 Å². The van der Waals surface area contributed by atoms with Gasteiger partial charge in [-0.05, 0) is 48.2 Å². The van der Waals surface area contributed by atoms with Crippen molar-refractivity contribution in [1.82, 2.24) is 9.88 Å². The molecule has 0 spiro atoms. The first-order valence-corrected chi connectivity index (χ1v) is 10.9. The monoisotopic (exact) mass is 445 g/mol. The average molecular weight is 446 g/mol. The molecular formula is C25H20ClN3O3. The summed E-state index contributed by atoms with van der Waals surface area (Å²) in [6, 6.07) is 16.2. The highest BCUT2D eigenvalue weighted by Crippen LogP contribution is 2.37. The maximum atomic E-state index is 13.1. The fourth-order valence-corrected chi connectivity index (χ4v) is 4.48. The van der Waals surface area contributed by atoms with Crippen molar-refractivity contribution in [3.8, 4) is 11.1 Å². The van der Waals surface area contributed by atoms with Crippen molar-refractivity contribution in [1.29, 1.82) is 0 Å². The van der Waals surface area contributed by atoms with E-state index in [1.165, 1.54) is 6.20 Å². The van der Waals surface area contributed by atoms with Crippen LogP contribution in [0.2, 0.25) is 5.02 Å². The topological polar surface area (TPSA) is 79.4 Å². The van der Waals surface area contributed by atoms with Gasteiger partial charge in [-0.25, -0.2) is 4.98 Å². The summed E-state index contributed by atoms with van der Waals surface area (Å²) >= 11 is 5.82. The molecule has 1 aromatic heterocycles. The zero-order chi connectivity index (χ0) is 22.2. The number of hydrogen-bond donors (Lipinski definition) is 1. The zero-order valence-corrected chi connectivity index (χ0v) is 17.9. The standard InChI is InChI=1S/C25H20ClN3O3/c26-17-6-8-22(27-14-17)28-24(31)15-9-11-29(12-10-15)25(32)16-5-7-19-18-3-1-2-4-20(18)23(30)21(19)13-16/h1-8,13-15H,9-12H2,(H,27,28,31). The van der Waals surface area contributed by atoms with E-state index in [0.717, 1.165) is 11.1 Å². The molecule has 7 heteroatoms. The molecule has 1 saturated heterocycles. The van der Waals surface area contributed by atoms with Crippen LogP contribution in [0.4, 0.5) is 5.82 Å². The van der Waals surface area contributed by atoms with Gasteiger partial charge in [-0.1, -0.05) is 41.9 Å². The number of hydrogen-bond acceptors (Lipinski definition) is 4. The van der Waals surface area contributed by atoms with Gasteiger partial charge in [0.05, 0.1) is 5.02 Å². The van der Waals surface area contributed by atoms with Crippen LogP contribution in [-0.2, 0) is 4.79 Å². The number of aromatic nitrogens is 1. The summed E-state index contributed by atoms with van der Waals surface area (Å²) in [5.41, 5.74) is 3.52. The van der Waals surface area contributed by atoms with Crippen LogP contribution < -0.4 is 5.32 Å². The van der Waals surface area contributed by atoms with E-state index in [1.807, 2.05) is 30.3 Å². The SMILES string of the molecule is O=C1c2ccccc2-c2ccc(C(=O)N3CCC(C(=O)Nc4ccc(Cl)cn4)CC3)cc21. The maximum absolute atomic E-state index is 13.1. The third-order valence-corrected chi connectivity index (χ3v) is 6.33. The molecule has 2 aromatic carbocycles. The molecule has 5 rings (SSSR count). The first-order valence-electron chi connectivity index (χ1n) is 10.5. The Balaban J connectivity index is 1.24. The van der Waals surface area contributed by atoms with Gasteiger partial charge in [0, 0.05) is 41.9 Å². The van der Waals surface area contributed by atoms with E-state index < -0.39 is 0 Å². The van der Waals surface area contributed by atoms with Crippen LogP contribution in [0.5, 0.6) is 0 Å². The molecule has 2 amide bonds. The molecule has 1 N–H and O–H groups in total. The third kappa shape index (κ3) is 3.67. The van der Waals surface area contributed by atoms with E-state index in [0.29, 0.717) is 53.5 Å². The Morgan fingerprint density at radius 3 is 2.38 bits per heavy atom. The second kappa shape index (κ2) is 8.20. The molecule has 1 aliphatic carbocycles. The van der Waals surface area contributed by atoms with Crippen LogP contribution in [0.15, 0.2) is 60.8 Å². The predicted molar refractivity (Wildman–Crippen MR) is 122 cm³/mol. The van der Waals surface area contributed by atoms with Crippen molar-refractivity contribution in [2.45, 2.75) is 12.8 Å². The minimum absolute atomic E-state index is 0.0450. The molecule has 2 aliphatic rings. The second-order valence-corrected chi connectivity index (χ2v) is 8.49. The molecule has 0 radical (unpaired) electrons. The third-order valence-electron chi connectivity index (χ3n) is 6.10. The minimum Gasteiger partial charge on any atom is -0.339 e. The highest BCUT2D eigenvalue weighted by molar-refractivity contribution is 6.30. The number of fused-ring (bicyclic) bond motifs is 3. The van der Waals surface area contributed by atoms with Gasteiger partial charge in [-0.2, -0.15) is 0 Å². The van der Waals surface area contributed by atoms with Gasteiger partial charge in [0.25, 0.3) is 5.91 Å². The smallest absolute Gasteiger partial charge is 0.253 e. The average Bonchev–Trinajstić information content (AvgIpc) is 3.12. The highest BCUT2D eigenvalue weighted by atomic mass is 35.5. The Hall–Kier alpha value is -3.51. The summed E-state index contributed by atoms with van der Waals surface area (Å²) in [6.45, 7) is 0.965. The lowest BCUT2D eigenvalue weighted by Crippen LogP contribution is -2.41. The van der Waals surface area contributed by atoms with Crippen molar-refractivity contribution in [2.75, 3.05) is 18.4 Å². The van der Waals surface area contributed by atoms with Crippen LogP contribution in [0, 0.1) is 5.92 Å². The van der Waals surface area contributed by atoms with Gasteiger partial charge in [0.1, 0.15) is 5.82 Å². The Morgan fingerprint density at radius 1 is 0.938 bits per heavy atom. The number of rotatable bonds is 3. The summed E-state index contributed by atoms with van der Waals surface area (Å²) in [7, 11) is 0. The molecule has 0 atom stereocenters. The Labute approximate surface area is 190 Å². The van der Waals surface area contributed by atoms with Gasteiger partial charge in [0.15, 0.2) is 5.78 Å². The van der Waals surface area contributed by atoms with Gasteiger partial charge >= 0.3 is 0 Å². The number of likely N-dealkylation sites (tertiary alicyclic amines) is 1. The summed E-state index contributed by atoms with van der Waals surface area (Å²) in [4.78, 5) is 44.2. The number of piperidine rings is 1. The quantitative estimate of drug-likeness (QED) is 0.505. The van der Waals surface area contributed by atoms with Crippen LogP contribution in [0.3, 0.4) is 0 Å². The van der Waals surface area contributed by atoms with Crippen molar-refractivity contribution in [2.24, 2.45) is 5.92 Å². The fourth-order valence-electron chi connectivity index (χ4n) is 4.37. The first kappa shape index (κ1) is 20.4. The molecule has 0 saturated carbocycles. The van der Waals surface area contributed by atoms with E-state index in [1.54, 1.807) is 29.2 Å². The Morgan fingerprint density at radius 2 is 1.66 bits per heavy atom. The van der Waals surface area contributed by atoms with E-state index in [-0.39, 0.29) is 23.5 Å². The second-order valence-electron chi connectivity index (χ2n) is 8.05. The molecular weight excluding hydrogens is 426 g/mol. The van der Waals surface area contributed by atoms with Crippen LogP contribution in [-0.4, -0.2) is 40.6 Å². The number of carbonyl (C=O) groups excluding carboxylic acids is 3. The van der Waals surface area contributed by atoms with E-state index in [4.69, 9.17) is 11.6 Å². The largest absolute Gasteiger partial charge is 0.339 e. The van der Waals surface area contributed by atoms with Crippen molar-refractivity contribution in [3.63, 3.8) is 0 Å². The number of halogens is 1. The summed E-state index contributed by atoms with van der Waals surface area (Å²) in [5.74, 6) is 0.00775. The summed E-state index contributed by atoms with van der Waals surface area (Å²) < 4.78 is 0. The summed E-state index contributed by atoms with van der Waals surface area (Å²) in [5, 5.41) is 3.31. The van der Waals surface area contributed by atoms with Gasteiger partial charge in [-0.3, -0.25) is 14.4 Å². The van der Waals surface area contributed by atoms with Crippen molar-refractivity contribution < 1.29 is 14.4 Å². The number of nitrogens with one attached hydrogen (secondary N) is 1. The van der Waals surface area contributed by atoms with Gasteiger partial charge in [0.2, 0.25) is 5.91 Å². The van der Waals surface area contributed by atoms with Crippen LogP contribution >= 0.6 is 11.6 Å². The summed E-state index contributed by atoms with van der Waals surface area (Å²) in [6.07, 6.45) is 2.62. The number of nitrogens with zero attached hydrogens (tertiary/aromatic N) is 2. The molecule has 0 bridgehead atoms. The first-order chi connectivity index (χ1) is 15.5. The lowest BCUT2D eigenvalue weighted by molar-refractivity contribution is -0.121. The Kier molecular flexibility index (Phi) is 5.23. The molecule has 1 aliphatic heterocycles. The predicted octanol–water partition coefficient (Wildman–Crippen LogP) is 4.44. The molecule has 6 nitrogen and oxygen atoms in total. The molecule has 3 aromatic rings. The normalized spacial score (nSPS) is 15.3. The Bertz CT molecular complexity index is 1230. The van der Waals surface area contributed by atoms with Crippen molar-refractivity contribution in [3.05, 3.63) is 82.5 Å². The van der Waals surface area contributed by atoms with E-state index >= 15 is 0 Å². The molecule has 1 fully saturated rings. The number of anilines is 1. The minimum atomic E-state index is -0.187. The number of benzene rings is 2. The van der Waals surface area contributed by atoms with E-state index in [9.17, 15) is 14.4 Å². The number of pyridine rings is 1.